The van der Waals surface area contributed by atoms with Crippen molar-refractivity contribution in [1.29, 1.82) is 0 Å². The van der Waals surface area contributed by atoms with Gasteiger partial charge >= 0.3 is 0 Å². The maximum Gasteiger partial charge on any atom is 0.243 e. The number of carbonyl (C=O) groups is 1. The molecule has 0 radical (unpaired) electrons. The van der Waals surface area contributed by atoms with E-state index in [9.17, 15) is 13.2 Å². The Morgan fingerprint density at radius 1 is 1.08 bits per heavy atom. The summed E-state index contributed by atoms with van der Waals surface area (Å²) in [7, 11) is -2.37. The number of anilines is 1. The summed E-state index contributed by atoms with van der Waals surface area (Å²) in [6.07, 6.45) is 3.22. The Bertz CT molecular complexity index is 1520. The Kier molecular flexibility index (Phi) is 7.01. The highest BCUT2D eigenvalue weighted by molar-refractivity contribution is 7.89. The zero-order valence-corrected chi connectivity index (χ0v) is 21.6. The van der Waals surface area contributed by atoms with Crippen molar-refractivity contribution in [2.24, 2.45) is 0 Å². The molecule has 37 heavy (non-hydrogen) atoms. The summed E-state index contributed by atoms with van der Waals surface area (Å²) in [4.78, 5) is 18.0. The number of halogens is 1. The number of nitrogens with one attached hydrogen (secondary N) is 1. The molecule has 1 N–H and O–H groups in total. The van der Waals surface area contributed by atoms with Crippen LogP contribution in [0.25, 0.3) is 16.9 Å². The van der Waals surface area contributed by atoms with E-state index in [1.165, 1.54) is 23.5 Å². The van der Waals surface area contributed by atoms with Gasteiger partial charge in [-0.1, -0.05) is 48.0 Å². The van der Waals surface area contributed by atoms with Crippen molar-refractivity contribution in [3.05, 3.63) is 90.1 Å². The van der Waals surface area contributed by atoms with E-state index in [-0.39, 0.29) is 23.4 Å². The van der Waals surface area contributed by atoms with Crippen LogP contribution in [0.5, 0.6) is 5.75 Å². The van der Waals surface area contributed by atoms with Crippen molar-refractivity contribution in [3.8, 4) is 22.7 Å². The van der Waals surface area contributed by atoms with Gasteiger partial charge in [0, 0.05) is 28.5 Å². The quantitative estimate of drug-likeness (QED) is 0.325. The number of rotatable bonds is 9. The SMILES string of the molecule is COc1ccc(S(=O)(=O)N(CC(=O)Nc2nc(-c3ccccc3)cn2-c2cccc(Cl)c2)C2CC2)cc1. The van der Waals surface area contributed by atoms with Crippen molar-refractivity contribution in [2.75, 3.05) is 19.0 Å². The van der Waals surface area contributed by atoms with Crippen molar-refractivity contribution in [2.45, 2.75) is 23.8 Å². The van der Waals surface area contributed by atoms with Crippen LogP contribution in [0.15, 0.2) is 90.0 Å². The second kappa shape index (κ2) is 10.4. The molecule has 0 saturated heterocycles. The van der Waals surface area contributed by atoms with Gasteiger partial charge in [-0.05, 0) is 55.3 Å². The zero-order valence-electron chi connectivity index (χ0n) is 20.0. The van der Waals surface area contributed by atoms with Gasteiger partial charge in [0.15, 0.2) is 0 Å². The minimum Gasteiger partial charge on any atom is -0.497 e. The van der Waals surface area contributed by atoms with Crippen molar-refractivity contribution in [3.63, 3.8) is 0 Å². The summed E-state index contributed by atoms with van der Waals surface area (Å²) in [5.41, 5.74) is 2.24. The Morgan fingerprint density at radius 2 is 1.81 bits per heavy atom. The molecule has 0 aliphatic heterocycles. The normalized spacial score (nSPS) is 13.5. The predicted molar refractivity (Wildman–Crippen MR) is 143 cm³/mol. The molecule has 1 aliphatic carbocycles. The number of imidazole rings is 1. The first kappa shape index (κ1) is 25.0. The van der Waals surface area contributed by atoms with E-state index in [0.29, 0.717) is 35.0 Å². The lowest BCUT2D eigenvalue weighted by Gasteiger charge is -2.21. The number of aromatic nitrogens is 2. The molecule has 1 heterocycles. The summed E-state index contributed by atoms with van der Waals surface area (Å²) in [6.45, 7) is -0.331. The van der Waals surface area contributed by atoms with Crippen LogP contribution in [0, 0.1) is 0 Å². The first-order chi connectivity index (χ1) is 17.8. The van der Waals surface area contributed by atoms with Crippen LogP contribution in [0.2, 0.25) is 5.02 Å². The van der Waals surface area contributed by atoms with Crippen LogP contribution in [-0.4, -0.2) is 47.9 Å². The summed E-state index contributed by atoms with van der Waals surface area (Å²) in [5, 5.41) is 3.35. The summed E-state index contributed by atoms with van der Waals surface area (Å²) in [6, 6.07) is 22.7. The van der Waals surface area contributed by atoms with Gasteiger partial charge in [0.25, 0.3) is 0 Å². The standard InChI is InChI=1S/C27H25ClN4O4S/c1-36-23-12-14-24(15-13-23)37(34,35)32(21-10-11-21)18-26(33)30-27-29-25(19-6-3-2-4-7-19)17-31(27)22-9-5-8-20(28)16-22/h2-9,12-17,21H,10-11,18H2,1H3,(H,29,30,33). The second-order valence-electron chi connectivity index (χ2n) is 8.67. The number of ether oxygens (including phenoxy) is 1. The van der Waals surface area contributed by atoms with Gasteiger partial charge in [-0.2, -0.15) is 4.31 Å². The highest BCUT2D eigenvalue weighted by Gasteiger charge is 2.39. The summed E-state index contributed by atoms with van der Waals surface area (Å²) < 4.78 is 34.9. The number of nitrogens with zero attached hydrogens (tertiary/aromatic N) is 3. The zero-order chi connectivity index (χ0) is 26.0. The second-order valence-corrected chi connectivity index (χ2v) is 11.0. The minimum absolute atomic E-state index is 0.111. The van der Waals surface area contributed by atoms with Crippen LogP contribution >= 0.6 is 11.6 Å². The maximum absolute atomic E-state index is 13.4. The molecule has 1 aromatic heterocycles. The Hall–Kier alpha value is -3.66. The highest BCUT2D eigenvalue weighted by Crippen LogP contribution is 2.33. The molecule has 1 aliphatic rings. The molecule has 0 unspecified atom stereocenters. The topological polar surface area (TPSA) is 93.5 Å². The maximum atomic E-state index is 13.4. The van der Waals surface area contributed by atoms with Crippen LogP contribution in [0.1, 0.15) is 12.8 Å². The van der Waals surface area contributed by atoms with E-state index in [4.69, 9.17) is 16.3 Å². The summed E-state index contributed by atoms with van der Waals surface area (Å²) in [5.74, 6) is 0.331. The molecule has 8 nitrogen and oxygen atoms in total. The van der Waals surface area contributed by atoms with E-state index in [1.54, 1.807) is 28.8 Å². The molecule has 0 spiro atoms. The molecule has 1 fully saturated rings. The van der Waals surface area contributed by atoms with E-state index >= 15 is 0 Å². The van der Waals surface area contributed by atoms with Crippen molar-refractivity contribution in [1.82, 2.24) is 13.9 Å². The molecule has 1 saturated carbocycles. The fourth-order valence-corrected chi connectivity index (χ4v) is 5.83. The van der Waals surface area contributed by atoms with Gasteiger partial charge < -0.3 is 4.74 Å². The predicted octanol–water partition coefficient (Wildman–Crippen LogP) is 4.99. The molecule has 0 bridgehead atoms. The lowest BCUT2D eigenvalue weighted by Crippen LogP contribution is -2.39. The third kappa shape index (κ3) is 5.53. The van der Waals surface area contributed by atoms with E-state index < -0.39 is 15.9 Å². The number of sulfonamides is 1. The molecule has 5 rings (SSSR count). The van der Waals surface area contributed by atoms with E-state index in [2.05, 4.69) is 10.3 Å². The average molecular weight is 537 g/mol. The molecular weight excluding hydrogens is 512 g/mol. The van der Waals surface area contributed by atoms with Crippen LogP contribution in [-0.2, 0) is 14.8 Å². The average Bonchev–Trinajstić information content (AvgIpc) is 3.66. The number of amides is 1. The molecule has 3 aromatic carbocycles. The third-order valence-corrected chi connectivity index (χ3v) is 8.18. The van der Waals surface area contributed by atoms with Crippen molar-refractivity contribution >= 4 is 33.5 Å². The van der Waals surface area contributed by atoms with Gasteiger partial charge in [0.1, 0.15) is 5.75 Å². The van der Waals surface area contributed by atoms with Gasteiger partial charge in [0.2, 0.25) is 21.9 Å². The molecule has 1 amide bonds. The van der Waals surface area contributed by atoms with Gasteiger partial charge in [-0.15, -0.1) is 0 Å². The van der Waals surface area contributed by atoms with Crippen LogP contribution in [0.4, 0.5) is 5.95 Å². The lowest BCUT2D eigenvalue weighted by atomic mass is 10.2. The number of hydrogen-bond acceptors (Lipinski definition) is 5. The first-order valence-corrected chi connectivity index (χ1v) is 13.5. The summed E-state index contributed by atoms with van der Waals surface area (Å²) >= 11 is 6.21. The first-order valence-electron chi connectivity index (χ1n) is 11.7. The van der Waals surface area contributed by atoms with E-state index in [1.807, 2.05) is 48.7 Å². The molecule has 190 valence electrons. The monoisotopic (exact) mass is 536 g/mol. The van der Waals surface area contributed by atoms with E-state index in [0.717, 1.165) is 5.56 Å². The number of benzene rings is 3. The highest BCUT2D eigenvalue weighted by atomic mass is 35.5. The molecule has 0 atom stereocenters. The largest absolute Gasteiger partial charge is 0.497 e. The fourth-order valence-electron chi connectivity index (χ4n) is 4.00. The number of carbonyl (C=O) groups excluding carboxylic acids is 1. The molecule has 10 heteroatoms. The smallest absolute Gasteiger partial charge is 0.243 e. The molecular formula is C27H25ClN4O4S. The van der Waals surface area contributed by atoms with Crippen LogP contribution < -0.4 is 10.1 Å². The number of methoxy groups -OCH3 is 1. The van der Waals surface area contributed by atoms with Crippen molar-refractivity contribution < 1.29 is 17.9 Å². The lowest BCUT2D eigenvalue weighted by molar-refractivity contribution is -0.116. The van der Waals surface area contributed by atoms with Gasteiger partial charge in [0.05, 0.1) is 24.2 Å². The van der Waals surface area contributed by atoms with Crippen LogP contribution in [0.3, 0.4) is 0 Å². The molecule has 4 aromatic rings. The Labute approximate surface area is 220 Å². The minimum atomic E-state index is -3.88. The Morgan fingerprint density at radius 3 is 2.46 bits per heavy atom. The number of hydrogen-bond donors (Lipinski definition) is 1. The van der Waals surface area contributed by atoms with Gasteiger partial charge in [-0.25, -0.2) is 13.4 Å². The fraction of sp³-hybridized carbons (Fsp3) is 0.185. The Balaban J connectivity index is 1.43. The van der Waals surface area contributed by atoms with Gasteiger partial charge in [-0.3, -0.25) is 14.7 Å². The third-order valence-electron chi connectivity index (χ3n) is 6.03.